The Morgan fingerprint density at radius 2 is 1.60 bits per heavy atom. The molecule has 0 saturated heterocycles. The molecule has 0 spiro atoms. The quantitative estimate of drug-likeness (QED) is 0.166. The molecule has 25 heavy (non-hydrogen) atoms. The summed E-state index contributed by atoms with van der Waals surface area (Å²) < 4.78 is 16.5. The van der Waals surface area contributed by atoms with E-state index in [0.717, 1.165) is 0 Å². The third-order valence-electron chi connectivity index (χ3n) is 3.40. The lowest BCUT2D eigenvalue weighted by molar-refractivity contribution is -0.172. The highest BCUT2D eigenvalue weighted by atomic mass is 79.9. The largest absolute Gasteiger partial charge is 0.465 e. The van der Waals surface area contributed by atoms with Crippen molar-refractivity contribution in [3.8, 4) is 0 Å². The highest BCUT2D eigenvalue weighted by molar-refractivity contribution is 9.28. The van der Waals surface area contributed by atoms with Gasteiger partial charge in [0.15, 0.2) is 5.41 Å². The monoisotopic (exact) mass is 480 g/mol. The topological polar surface area (TPSA) is 61.8 Å². The fourth-order valence-corrected chi connectivity index (χ4v) is 2.72. The van der Waals surface area contributed by atoms with Gasteiger partial charge in [-0.3, -0.25) is 9.59 Å². The summed E-state index contributed by atoms with van der Waals surface area (Å²) in [6.45, 7) is 11.6. The van der Waals surface area contributed by atoms with E-state index in [1.807, 2.05) is 0 Å². The van der Waals surface area contributed by atoms with E-state index in [9.17, 15) is 9.59 Å². The zero-order valence-corrected chi connectivity index (χ0v) is 18.0. The summed E-state index contributed by atoms with van der Waals surface area (Å²) in [5, 5.41) is 0. The molecule has 0 atom stereocenters. The van der Waals surface area contributed by atoms with Crippen LogP contribution in [0.1, 0.15) is 33.1 Å². The van der Waals surface area contributed by atoms with Crippen LogP contribution in [0.2, 0.25) is 0 Å². The Labute approximate surface area is 166 Å². The van der Waals surface area contributed by atoms with Crippen molar-refractivity contribution in [3.63, 3.8) is 0 Å². The molecule has 5 nitrogen and oxygen atoms in total. The van der Waals surface area contributed by atoms with Gasteiger partial charge in [0.2, 0.25) is 0 Å². The van der Waals surface area contributed by atoms with Gasteiger partial charge in [0.1, 0.15) is 0 Å². The van der Waals surface area contributed by atoms with Crippen molar-refractivity contribution in [1.29, 1.82) is 0 Å². The normalized spacial score (nSPS) is 10.7. The maximum Gasteiger partial charge on any atom is 0.323 e. The van der Waals surface area contributed by atoms with Gasteiger partial charge < -0.3 is 14.2 Å². The Hall–Kier alpha value is -0.920. The summed E-state index contributed by atoms with van der Waals surface area (Å²) in [6.07, 6.45) is 4.11. The van der Waals surface area contributed by atoms with Gasteiger partial charge in [0, 0.05) is 0 Å². The van der Waals surface area contributed by atoms with Crippen LogP contribution in [0.25, 0.3) is 0 Å². The van der Waals surface area contributed by atoms with E-state index in [-0.39, 0.29) is 32.7 Å². The van der Waals surface area contributed by atoms with Crippen LogP contribution in [0.3, 0.4) is 0 Å². The number of carbonyl (C=O) groups is 2. The predicted octanol–water partition coefficient (Wildman–Crippen LogP) is 4.66. The average molecular weight is 482 g/mol. The van der Waals surface area contributed by atoms with Gasteiger partial charge >= 0.3 is 11.9 Å². The molecule has 0 saturated carbocycles. The fraction of sp³-hybridized carbons (Fsp3) is 0.556. The van der Waals surface area contributed by atoms with E-state index in [0.29, 0.717) is 22.0 Å². The van der Waals surface area contributed by atoms with E-state index in [4.69, 9.17) is 14.2 Å². The molecule has 0 aliphatic rings. The van der Waals surface area contributed by atoms with E-state index < -0.39 is 17.4 Å². The number of ether oxygens (including phenoxy) is 3. The minimum atomic E-state index is -1.44. The van der Waals surface area contributed by atoms with E-state index >= 15 is 0 Å². The molecule has 0 aliphatic carbocycles. The van der Waals surface area contributed by atoms with E-state index in [1.165, 1.54) is 0 Å². The molecule has 0 heterocycles. The summed E-state index contributed by atoms with van der Waals surface area (Å²) in [4.78, 5) is 25.4. The van der Waals surface area contributed by atoms with Crippen molar-refractivity contribution in [2.24, 2.45) is 5.41 Å². The maximum atomic E-state index is 12.7. The standard InChI is InChI=1S/C18H26Br2O5/c1-5-9-10-18(16(21)24-7-3,17(22)25-8-4)12-14(15(19)20)13-23-11-6-2/h5-6H,1-2,7-13H2,3-4H3. The van der Waals surface area contributed by atoms with Crippen molar-refractivity contribution in [3.05, 3.63) is 34.3 Å². The minimum absolute atomic E-state index is 0.113. The summed E-state index contributed by atoms with van der Waals surface area (Å²) in [6, 6.07) is 0. The zero-order valence-electron chi connectivity index (χ0n) is 14.8. The van der Waals surface area contributed by atoms with Crippen LogP contribution in [0.15, 0.2) is 34.3 Å². The summed E-state index contributed by atoms with van der Waals surface area (Å²) in [7, 11) is 0. The number of hydrogen-bond acceptors (Lipinski definition) is 5. The first-order chi connectivity index (χ1) is 11.9. The second-order valence-corrected chi connectivity index (χ2v) is 7.85. The van der Waals surface area contributed by atoms with Gasteiger partial charge in [-0.25, -0.2) is 0 Å². The number of allylic oxidation sites excluding steroid dienone is 1. The van der Waals surface area contributed by atoms with Crippen LogP contribution < -0.4 is 0 Å². The lowest BCUT2D eigenvalue weighted by atomic mass is 9.77. The molecule has 0 fully saturated rings. The second-order valence-electron chi connectivity index (χ2n) is 5.19. The molecule has 0 aromatic carbocycles. The maximum absolute atomic E-state index is 12.7. The third kappa shape index (κ3) is 7.88. The molecule has 7 heteroatoms. The highest BCUT2D eigenvalue weighted by Crippen LogP contribution is 2.38. The van der Waals surface area contributed by atoms with Gasteiger partial charge in [0.05, 0.1) is 29.8 Å². The zero-order chi connectivity index (χ0) is 19.3. The predicted molar refractivity (Wildman–Crippen MR) is 106 cm³/mol. The molecular weight excluding hydrogens is 456 g/mol. The fourth-order valence-electron chi connectivity index (χ4n) is 2.21. The molecule has 142 valence electrons. The van der Waals surface area contributed by atoms with Crippen LogP contribution in [-0.2, 0) is 23.8 Å². The van der Waals surface area contributed by atoms with Crippen molar-refractivity contribution < 1.29 is 23.8 Å². The Balaban J connectivity index is 5.81. The van der Waals surface area contributed by atoms with Crippen molar-refractivity contribution in [2.45, 2.75) is 33.1 Å². The van der Waals surface area contributed by atoms with Crippen LogP contribution in [0.5, 0.6) is 0 Å². The average Bonchev–Trinajstić information content (AvgIpc) is 2.57. The Kier molecular flexibility index (Phi) is 12.8. The smallest absolute Gasteiger partial charge is 0.323 e. The molecule has 0 N–H and O–H groups in total. The second kappa shape index (κ2) is 13.3. The first kappa shape index (κ1) is 24.1. The molecule has 0 aromatic rings. The van der Waals surface area contributed by atoms with Crippen molar-refractivity contribution in [2.75, 3.05) is 26.4 Å². The highest BCUT2D eigenvalue weighted by Gasteiger charge is 2.49. The lowest BCUT2D eigenvalue weighted by Crippen LogP contribution is -2.43. The molecule has 0 rings (SSSR count). The third-order valence-corrected chi connectivity index (χ3v) is 4.52. The Bertz CT molecular complexity index is 478. The first-order valence-corrected chi connectivity index (χ1v) is 9.65. The molecule has 0 aromatic heterocycles. The van der Waals surface area contributed by atoms with Gasteiger partial charge in [-0.05, 0) is 70.5 Å². The van der Waals surface area contributed by atoms with Gasteiger partial charge in [-0.2, -0.15) is 0 Å². The number of esters is 2. The lowest BCUT2D eigenvalue weighted by Gasteiger charge is -2.30. The van der Waals surface area contributed by atoms with Gasteiger partial charge in [0.25, 0.3) is 0 Å². The van der Waals surface area contributed by atoms with Gasteiger partial charge in [-0.1, -0.05) is 12.2 Å². The summed E-state index contributed by atoms with van der Waals surface area (Å²) in [5.41, 5.74) is -0.730. The number of rotatable bonds is 13. The summed E-state index contributed by atoms with van der Waals surface area (Å²) >= 11 is 6.71. The molecule has 0 aliphatic heterocycles. The molecule has 0 radical (unpaired) electrons. The van der Waals surface area contributed by atoms with E-state index in [1.54, 1.807) is 26.0 Å². The van der Waals surface area contributed by atoms with Crippen LogP contribution in [0, 0.1) is 5.41 Å². The Morgan fingerprint density at radius 3 is 2.00 bits per heavy atom. The van der Waals surface area contributed by atoms with Crippen molar-refractivity contribution >= 4 is 43.8 Å². The first-order valence-electron chi connectivity index (χ1n) is 8.06. The summed E-state index contributed by atoms with van der Waals surface area (Å²) in [5.74, 6) is -1.20. The molecule has 0 unspecified atom stereocenters. The van der Waals surface area contributed by atoms with Crippen LogP contribution in [0.4, 0.5) is 0 Å². The van der Waals surface area contributed by atoms with Crippen LogP contribution >= 0.6 is 31.9 Å². The van der Waals surface area contributed by atoms with E-state index in [2.05, 4.69) is 45.0 Å². The van der Waals surface area contributed by atoms with Crippen molar-refractivity contribution in [1.82, 2.24) is 0 Å². The molecule has 0 bridgehead atoms. The van der Waals surface area contributed by atoms with Crippen LogP contribution in [-0.4, -0.2) is 38.4 Å². The Morgan fingerprint density at radius 1 is 1.04 bits per heavy atom. The number of halogens is 2. The SMILES string of the molecule is C=CCCC(CC(COCC=C)=C(Br)Br)(C(=O)OCC)C(=O)OCC. The number of hydrogen-bond donors (Lipinski definition) is 0. The number of carbonyl (C=O) groups excluding carboxylic acids is 2. The molecule has 0 amide bonds. The molecular formula is C18H26Br2O5. The van der Waals surface area contributed by atoms with Gasteiger partial charge in [-0.15, -0.1) is 13.2 Å². The minimum Gasteiger partial charge on any atom is -0.465 e.